The lowest BCUT2D eigenvalue weighted by Gasteiger charge is -2.35. The van der Waals surface area contributed by atoms with E-state index in [0.29, 0.717) is 38.2 Å². The van der Waals surface area contributed by atoms with Gasteiger partial charge >= 0.3 is 0 Å². The maximum atomic E-state index is 12.4. The molecule has 2 heterocycles. The number of thioether (sulfide) groups is 1. The molecule has 0 radical (unpaired) electrons. The van der Waals surface area contributed by atoms with Crippen LogP contribution >= 0.6 is 11.8 Å². The van der Waals surface area contributed by atoms with E-state index in [2.05, 4.69) is 0 Å². The highest BCUT2D eigenvalue weighted by molar-refractivity contribution is 8.00. The zero-order valence-electron chi connectivity index (χ0n) is 14.2. The molecule has 0 bridgehead atoms. The van der Waals surface area contributed by atoms with E-state index in [1.807, 2.05) is 47.9 Å². The Hall–Kier alpha value is -1.53. The summed E-state index contributed by atoms with van der Waals surface area (Å²) in [6.07, 6.45) is 1.33. The Kier molecular flexibility index (Phi) is 5.46. The average molecular weight is 348 g/mol. The normalized spacial score (nSPS) is 24.0. The van der Waals surface area contributed by atoms with Crippen molar-refractivity contribution < 1.29 is 14.3 Å². The number of benzene rings is 1. The molecule has 2 aliphatic heterocycles. The molecular weight excluding hydrogens is 324 g/mol. The van der Waals surface area contributed by atoms with Crippen molar-refractivity contribution in [3.63, 3.8) is 0 Å². The van der Waals surface area contributed by atoms with Crippen molar-refractivity contribution in [2.24, 2.45) is 0 Å². The first-order valence-corrected chi connectivity index (χ1v) is 9.48. The van der Waals surface area contributed by atoms with Crippen LogP contribution in [-0.2, 0) is 14.3 Å². The van der Waals surface area contributed by atoms with Gasteiger partial charge in [-0.1, -0.05) is 12.1 Å². The average Bonchev–Trinajstić information content (AvgIpc) is 2.56. The number of morpholine rings is 1. The number of anilines is 1. The molecule has 0 spiro atoms. The van der Waals surface area contributed by atoms with Gasteiger partial charge in [-0.15, -0.1) is 11.8 Å². The number of carbonyl (C=O) groups is 2. The van der Waals surface area contributed by atoms with Crippen LogP contribution in [0.4, 0.5) is 5.69 Å². The minimum absolute atomic E-state index is 0.0882. The van der Waals surface area contributed by atoms with Crippen molar-refractivity contribution in [3.05, 3.63) is 24.3 Å². The third-order valence-corrected chi connectivity index (χ3v) is 5.40. The highest BCUT2D eigenvalue weighted by Gasteiger charge is 2.27. The van der Waals surface area contributed by atoms with Gasteiger partial charge in [-0.25, -0.2) is 0 Å². The van der Waals surface area contributed by atoms with Crippen molar-refractivity contribution >= 4 is 29.3 Å². The molecule has 5 nitrogen and oxygen atoms in total. The van der Waals surface area contributed by atoms with Crippen LogP contribution in [0.5, 0.6) is 0 Å². The molecule has 0 aromatic heterocycles. The highest BCUT2D eigenvalue weighted by Crippen LogP contribution is 2.34. The van der Waals surface area contributed by atoms with Crippen molar-refractivity contribution in [1.29, 1.82) is 0 Å². The van der Waals surface area contributed by atoms with E-state index in [9.17, 15) is 9.59 Å². The fourth-order valence-electron chi connectivity index (χ4n) is 3.33. The van der Waals surface area contributed by atoms with Gasteiger partial charge in [-0.2, -0.15) is 0 Å². The van der Waals surface area contributed by atoms with E-state index in [1.54, 1.807) is 11.8 Å². The van der Waals surface area contributed by atoms with E-state index in [4.69, 9.17) is 4.74 Å². The van der Waals surface area contributed by atoms with E-state index < -0.39 is 0 Å². The molecule has 24 heavy (non-hydrogen) atoms. The number of ether oxygens (including phenoxy) is 1. The van der Waals surface area contributed by atoms with Crippen LogP contribution in [0.25, 0.3) is 0 Å². The summed E-state index contributed by atoms with van der Waals surface area (Å²) in [5.41, 5.74) is 0.972. The maximum Gasteiger partial charge on any atom is 0.237 e. The maximum absolute atomic E-state index is 12.4. The van der Waals surface area contributed by atoms with Gasteiger partial charge in [0.15, 0.2) is 0 Å². The Bertz CT molecular complexity index is 612. The van der Waals surface area contributed by atoms with Crippen molar-refractivity contribution in [3.8, 4) is 0 Å². The lowest BCUT2D eigenvalue weighted by molar-refractivity contribution is -0.143. The van der Waals surface area contributed by atoms with Crippen LogP contribution < -0.4 is 4.90 Å². The summed E-state index contributed by atoms with van der Waals surface area (Å²) >= 11 is 1.58. The Labute approximate surface area is 147 Å². The number of nitrogens with zero attached hydrogens (tertiary/aromatic N) is 2. The summed E-state index contributed by atoms with van der Waals surface area (Å²) < 4.78 is 5.67. The third-order valence-electron chi connectivity index (χ3n) is 4.35. The Balaban J connectivity index is 1.55. The standard InChI is InChI=1S/C18H24N2O3S/c1-13-10-19(11-14(2)23-13)17(21)8-5-9-20-15-6-3-4-7-16(15)24-12-18(20)22/h3-4,6-7,13-14H,5,8-12H2,1-2H3. The molecule has 2 atom stereocenters. The molecule has 3 rings (SSSR count). The number of hydrogen-bond acceptors (Lipinski definition) is 4. The SMILES string of the molecule is CC1CN(C(=O)CCCN2C(=O)CSc3ccccc32)CC(C)O1. The molecule has 2 unspecified atom stereocenters. The molecule has 0 N–H and O–H groups in total. The van der Waals surface area contributed by atoms with E-state index in [0.717, 1.165) is 10.6 Å². The lowest BCUT2D eigenvalue weighted by atomic mass is 10.2. The summed E-state index contributed by atoms with van der Waals surface area (Å²) in [7, 11) is 0. The summed E-state index contributed by atoms with van der Waals surface area (Å²) in [6.45, 7) is 5.90. The smallest absolute Gasteiger partial charge is 0.237 e. The molecule has 6 heteroatoms. The van der Waals surface area contributed by atoms with Gasteiger partial charge < -0.3 is 14.5 Å². The molecule has 2 amide bonds. The molecule has 2 aliphatic rings. The molecule has 1 aromatic carbocycles. The summed E-state index contributed by atoms with van der Waals surface area (Å²) in [6, 6.07) is 7.96. The summed E-state index contributed by atoms with van der Waals surface area (Å²) in [5.74, 6) is 0.757. The second-order valence-electron chi connectivity index (χ2n) is 6.46. The van der Waals surface area contributed by atoms with Crippen LogP contribution in [0.1, 0.15) is 26.7 Å². The summed E-state index contributed by atoms with van der Waals surface area (Å²) in [5, 5.41) is 0. The number of rotatable bonds is 4. The molecule has 1 aromatic rings. The Morgan fingerprint density at radius 1 is 1.25 bits per heavy atom. The van der Waals surface area contributed by atoms with E-state index in [1.165, 1.54) is 0 Å². The predicted octanol–water partition coefficient (Wildman–Crippen LogP) is 2.54. The largest absolute Gasteiger partial charge is 0.372 e. The highest BCUT2D eigenvalue weighted by atomic mass is 32.2. The Morgan fingerprint density at radius 3 is 2.71 bits per heavy atom. The van der Waals surface area contributed by atoms with E-state index >= 15 is 0 Å². The molecule has 0 aliphatic carbocycles. The molecule has 0 saturated carbocycles. The first-order valence-electron chi connectivity index (χ1n) is 8.50. The van der Waals surface area contributed by atoms with Gasteiger partial charge in [-0.3, -0.25) is 9.59 Å². The van der Waals surface area contributed by atoms with Crippen molar-refractivity contribution in [2.45, 2.75) is 43.8 Å². The fourth-order valence-corrected chi connectivity index (χ4v) is 4.26. The molecule has 1 fully saturated rings. The topological polar surface area (TPSA) is 49.9 Å². The van der Waals surface area contributed by atoms with Crippen LogP contribution in [0.3, 0.4) is 0 Å². The zero-order chi connectivity index (χ0) is 17.1. The number of fused-ring (bicyclic) bond motifs is 1. The van der Waals surface area contributed by atoms with Crippen molar-refractivity contribution in [1.82, 2.24) is 4.90 Å². The number of hydrogen-bond donors (Lipinski definition) is 0. The number of carbonyl (C=O) groups excluding carboxylic acids is 2. The second kappa shape index (κ2) is 7.57. The van der Waals surface area contributed by atoms with Crippen LogP contribution in [0.2, 0.25) is 0 Å². The zero-order valence-corrected chi connectivity index (χ0v) is 15.1. The number of amides is 2. The van der Waals surface area contributed by atoms with Crippen molar-refractivity contribution in [2.75, 3.05) is 30.3 Å². The fraction of sp³-hybridized carbons (Fsp3) is 0.556. The van der Waals surface area contributed by atoms with Crippen LogP contribution in [0, 0.1) is 0 Å². The quantitative estimate of drug-likeness (QED) is 0.839. The Morgan fingerprint density at radius 2 is 1.96 bits per heavy atom. The van der Waals surface area contributed by atoms with E-state index in [-0.39, 0.29) is 24.0 Å². The van der Waals surface area contributed by atoms with Gasteiger partial charge in [0.05, 0.1) is 23.6 Å². The summed E-state index contributed by atoms with van der Waals surface area (Å²) in [4.78, 5) is 29.5. The monoisotopic (exact) mass is 348 g/mol. The van der Waals surface area contributed by atoms with Crippen LogP contribution in [0.15, 0.2) is 29.2 Å². The molecular formula is C18H24N2O3S. The van der Waals surface area contributed by atoms with Crippen LogP contribution in [-0.4, -0.2) is 54.3 Å². The third kappa shape index (κ3) is 3.92. The van der Waals surface area contributed by atoms with Gasteiger partial charge in [0.2, 0.25) is 11.8 Å². The second-order valence-corrected chi connectivity index (χ2v) is 7.48. The molecule has 1 saturated heterocycles. The lowest BCUT2D eigenvalue weighted by Crippen LogP contribution is -2.48. The van der Waals surface area contributed by atoms with Gasteiger partial charge in [-0.05, 0) is 32.4 Å². The minimum Gasteiger partial charge on any atom is -0.372 e. The first kappa shape index (κ1) is 17.3. The van der Waals surface area contributed by atoms with Gasteiger partial charge in [0, 0.05) is 31.0 Å². The molecule has 130 valence electrons. The first-order chi connectivity index (χ1) is 11.5. The predicted molar refractivity (Wildman–Crippen MR) is 95.3 cm³/mol. The minimum atomic E-state index is 0.0882. The number of para-hydroxylation sites is 1. The van der Waals surface area contributed by atoms with Gasteiger partial charge in [0.25, 0.3) is 0 Å². The van der Waals surface area contributed by atoms with Gasteiger partial charge in [0.1, 0.15) is 0 Å².